The van der Waals surface area contributed by atoms with Crippen LogP contribution in [0.25, 0.3) is 0 Å². The molecule has 0 heterocycles. The van der Waals surface area contributed by atoms with Gasteiger partial charge in [0.25, 0.3) is 0 Å². The van der Waals surface area contributed by atoms with E-state index in [-0.39, 0.29) is 5.41 Å². The Morgan fingerprint density at radius 3 is 1.89 bits per heavy atom. The van der Waals surface area contributed by atoms with Crippen molar-refractivity contribution < 1.29 is 0 Å². The summed E-state index contributed by atoms with van der Waals surface area (Å²) >= 11 is 0. The van der Waals surface area contributed by atoms with Crippen molar-refractivity contribution in [3.05, 3.63) is 0 Å². The van der Waals surface area contributed by atoms with Crippen molar-refractivity contribution in [1.82, 2.24) is 0 Å². The molecule has 0 N–H and O–H groups in total. The lowest BCUT2D eigenvalue weighted by molar-refractivity contribution is 0.0605. The van der Waals surface area contributed by atoms with E-state index in [2.05, 4.69) is 19.9 Å². The topological polar surface area (TPSA) is 23.8 Å². The molecule has 0 aliphatic heterocycles. The minimum absolute atomic E-state index is 0.0459. The molecule has 0 saturated heterocycles. The molecular weight excluding hydrogens is 338 g/mol. The molecule has 0 atom stereocenters. The molecule has 3 aliphatic carbocycles. The highest BCUT2D eigenvalue weighted by atomic mass is 14.5. The van der Waals surface area contributed by atoms with Crippen LogP contribution in [0.2, 0.25) is 0 Å². The van der Waals surface area contributed by atoms with Crippen LogP contribution < -0.4 is 0 Å². The zero-order valence-electron chi connectivity index (χ0n) is 19.1. The Kier molecular flexibility index (Phi) is 8.74. The summed E-state index contributed by atoms with van der Waals surface area (Å²) in [6.45, 7) is 4.67. The van der Waals surface area contributed by atoms with Gasteiger partial charge in [-0.3, -0.25) is 0 Å². The average molecular weight is 386 g/mol. The van der Waals surface area contributed by atoms with Crippen molar-refractivity contribution in [3.63, 3.8) is 0 Å². The Bertz CT molecular complexity index is 465. The molecule has 3 saturated carbocycles. The molecular formula is C27H47N. The van der Waals surface area contributed by atoms with Crippen LogP contribution in [0.1, 0.15) is 129 Å². The summed E-state index contributed by atoms with van der Waals surface area (Å²) in [6.07, 6.45) is 25.0. The summed E-state index contributed by atoms with van der Waals surface area (Å²) < 4.78 is 0. The van der Waals surface area contributed by atoms with Crippen LogP contribution in [0.3, 0.4) is 0 Å². The van der Waals surface area contributed by atoms with Crippen LogP contribution >= 0.6 is 0 Å². The van der Waals surface area contributed by atoms with E-state index in [4.69, 9.17) is 0 Å². The first-order valence-corrected chi connectivity index (χ1v) is 13.1. The van der Waals surface area contributed by atoms with Crippen molar-refractivity contribution in [2.45, 2.75) is 129 Å². The maximum Gasteiger partial charge on any atom is 0.0692 e. The molecule has 3 fully saturated rings. The summed E-state index contributed by atoms with van der Waals surface area (Å²) in [7, 11) is 0. The van der Waals surface area contributed by atoms with E-state index >= 15 is 0 Å². The van der Waals surface area contributed by atoms with Crippen LogP contribution in [0.4, 0.5) is 0 Å². The van der Waals surface area contributed by atoms with Gasteiger partial charge in [-0.05, 0) is 81.0 Å². The molecule has 3 rings (SSSR count). The molecule has 0 spiro atoms. The van der Waals surface area contributed by atoms with Gasteiger partial charge in [-0.1, -0.05) is 78.1 Å². The molecule has 160 valence electrons. The molecule has 0 aromatic carbocycles. The molecule has 1 nitrogen and oxygen atoms in total. The van der Waals surface area contributed by atoms with Crippen LogP contribution in [0.5, 0.6) is 0 Å². The lowest BCUT2D eigenvalue weighted by Gasteiger charge is -2.45. The average Bonchev–Trinajstić information content (AvgIpc) is 2.77. The van der Waals surface area contributed by atoms with Crippen molar-refractivity contribution in [2.75, 3.05) is 0 Å². The van der Waals surface area contributed by atoms with E-state index in [1.165, 1.54) is 116 Å². The Balaban J connectivity index is 1.43. The van der Waals surface area contributed by atoms with E-state index < -0.39 is 0 Å². The van der Waals surface area contributed by atoms with Gasteiger partial charge in [-0.2, -0.15) is 5.26 Å². The summed E-state index contributed by atoms with van der Waals surface area (Å²) in [6, 6.07) is 2.90. The molecule has 0 aromatic rings. The van der Waals surface area contributed by atoms with Crippen molar-refractivity contribution in [2.24, 2.45) is 35.0 Å². The third kappa shape index (κ3) is 5.55. The standard InChI is InChI=1S/C27H47N/c1-3-5-6-7-8-23-11-15-26(16-12-23)27(21-28)19-17-25(18-20-27)24-13-9-22(4-2)10-14-24/h22-26H,3-20H2,1-2H3. The summed E-state index contributed by atoms with van der Waals surface area (Å²) in [5.41, 5.74) is 0.0459. The summed E-state index contributed by atoms with van der Waals surface area (Å²) in [4.78, 5) is 0. The molecule has 0 unspecified atom stereocenters. The van der Waals surface area contributed by atoms with Gasteiger partial charge in [-0.15, -0.1) is 0 Å². The number of nitriles is 1. The number of hydrogen-bond acceptors (Lipinski definition) is 1. The number of rotatable bonds is 8. The van der Waals surface area contributed by atoms with Gasteiger partial charge in [0.2, 0.25) is 0 Å². The lowest BCUT2D eigenvalue weighted by atomic mass is 9.57. The Hall–Kier alpha value is -0.510. The van der Waals surface area contributed by atoms with Crippen LogP contribution in [0.15, 0.2) is 0 Å². The lowest BCUT2D eigenvalue weighted by Crippen LogP contribution is -2.38. The first-order chi connectivity index (χ1) is 13.7. The molecule has 0 aromatic heterocycles. The van der Waals surface area contributed by atoms with Crippen molar-refractivity contribution >= 4 is 0 Å². The third-order valence-corrected chi connectivity index (χ3v) is 9.37. The van der Waals surface area contributed by atoms with Gasteiger partial charge in [0, 0.05) is 0 Å². The SMILES string of the molecule is CCCCCCC1CCC(C2(C#N)CCC(C3CCC(CC)CC3)CC2)CC1. The zero-order chi connectivity index (χ0) is 19.8. The van der Waals surface area contributed by atoms with E-state index in [0.717, 1.165) is 23.7 Å². The van der Waals surface area contributed by atoms with Crippen LogP contribution in [-0.2, 0) is 0 Å². The van der Waals surface area contributed by atoms with Crippen LogP contribution in [-0.4, -0.2) is 0 Å². The van der Waals surface area contributed by atoms with Gasteiger partial charge >= 0.3 is 0 Å². The Morgan fingerprint density at radius 2 is 1.32 bits per heavy atom. The number of unbranched alkanes of at least 4 members (excludes halogenated alkanes) is 3. The normalized spacial score (nSPS) is 39.4. The Labute approximate surface area is 176 Å². The highest BCUT2D eigenvalue weighted by Crippen LogP contribution is 2.52. The maximum absolute atomic E-state index is 10.2. The summed E-state index contributed by atoms with van der Waals surface area (Å²) in [5.74, 6) is 4.61. The third-order valence-electron chi connectivity index (χ3n) is 9.37. The first kappa shape index (κ1) is 22.2. The van der Waals surface area contributed by atoms with Gasteiger partial charge in [0.1, 0.15) is 0 Å². The Morgan fingerprint density at radius 1 is 0.714 bits per heavy atom. The number of nitrogens with zero attached hydrogens (tertiary/aromatic N) is 1. The second-order valence-electron chi connectivity index (χ2n) is 10.9. The molecule has 28 heavy (non-hydrogen) atoms. The molecule has 0 radical (unpaired) electrons. The van der Waals surface area contributed by atoms with E-state index in [9.17, 15) is 5.26 Å². The largest absolute Gasteiger partial charge is 0.198 e. The second kappa shape index (κ2) is 11.0. The second-order valence-corrected chi connectivity index (χ2v) is 10.9. The zero-order valence-corrected chi connectivity index (χ0v) is 19.1. The first-order valence-electron chi connectivity index (χ1n) is 13.1. The highest BCUT2D eigenvalue weighted by Gasteiger charge is 2.44. The van der Waals surface area contributed by atoms with E-state index in [1.54, 1.807) is 0 Å². The maximum atomic E-state index is 10.2. The fourth-order valence-electron chi connectivity index (χ4n) is 7.17. The number of hydrogen-bond donors (Lipinski definition) is 0. The fourth-order valence-corrected chi connectivity index (χ4v) is 7.17. The quantitative estimate of drug-likeness (QED) is 0.383. The molecule has 0 bridgehead atoms. The smallest absolute Gasteiger partial charge is 0.0692 e. The van der Waals surface area contributed by atoms with Gasteiger partial charge in [0.15, 0.2) is 0 Å². The predicted octanol–water partition coefficient (Wildman–Crippen LogP) is 8.68. The van der Waals surface area contributed by atoms with Gasteiger partial charge < -0.3 is 0 Å². The predicted molar refractivity (Wildman–Crippen MR) is 120 cm³/mol. The van der Waals surface area contributed by atoms with E-state index in [1.807, 2.05) is 0 Å². The highest BCUT2D eigenvalue weighted by molar-refractivity contribution is 5.06. The van der Waals surface area contributed by atoms with E-state index in [0.29, 0.717) is 5.92 Å². The van der Waals surface area contributed by atoms with Crippen molar-refractivity contribution in [1.29, 1.82) is 5.26 Å². The van der Waals surface area contributed by atoms with Gasteiger partial charge in [-0.25, -0.2) is 0 Å². The summed E-state index contributed by atoms with van der Waals surface area (Å²) in [5, 5.41) is 10.2. The molecule has 0 amide bonds. The minimum atomic E-state index is 0.0459. The minimum Gasteiger partial charge on any atom is -0.198 e. The monoisotopic (exact) mass is 385 g/mol. The van der Waals surface area contributed by atoms with Crippen LogP contribution in [0, 0.1) is 46.3 Å². The van der Waals surface area contributed by atoms with Crippen molar-refractivity contribution in [3.8, 4) is 6.07 Å². The molecule has 3 aliphatic rings. The fraction of sp³-hybridized carbons (Fsp3) is 0.963. The molecule has 1 heteroatoms. The van der Waals surface area contributed by atoms with Gasteiger partial charge in [0.05, 0.1) is 11.5 Å².